The first-order valence-corrected chi connectivity index (χ1v) is 24.2. The molecule has 4 aromatic rings. The Morgan fingerprint density at radius 3 is 1.26 bits per heavy atom. The zero-order valence-corrected chi connectivity index (χ0v) is 34.5. The summed E-state index contributed by atoms with van der Waals surface area (Å²) < 4.78 is 31.4. The third kappa shape index (κ3) is 9.80. The third-order valence-electron chi connectivity index (χ3n) is 8.13. The second-order valence-electron chi connectivity index (χ2n) is 14.3. The van der Waals surface area contributed by atoms with Crippen LogP contribution in [0.2, 0.25) is 39.3 Å². The Morgan fingerprint density at radius 1 is 0.463 bits per heavy atom. The third-order valence-corrected chi connectivity index (χ3v) is 9.96. The standard InChI is InChI=1S/C46H47NO5Si2/c1-12-43(49-4,40-24-26-42(48-3)27-25-40)30-32-45(50-5,38-20-16-14-17-21-38)33-35-46(52-54(9,10)11,39-22-18-15-19-23-39)34-31-44(13-2,51-53(6,7)8)41-28-36-47-37-29-41/h1-2,14-29,36-37H,3-11H3. The Bertz CT molecular complexity index is 2150. The molecule has 274 valence electrons. The molecule has 0 bridgehead atoms. The number of hydrogen-bond acceptors (Lipinski definition) is 6. The van der Waals surface area contributed by atoms with Crippen molar-refractivity contribution in [2.75, 3.05) is 21.3 Å². The average Bonchev–Trinajstić information content (AvgIpc) is 3.18. The Balaban J connectivity index is 2.11. The van der Waals surface area contributed by atoms with Gasteiger partial charge in [0.2, 0.25) is 22.4 Å². The first-order valence-electron chi connectivity index (χ1n) is 17.4. The second-order valence-corrected chi connectivity index (χ2v) is 23.2. The van der Waals surface area contributed by atoms with Crippen LogP contribution >= 0.6 is 0 Å². The van der Waals surface area contributed by atoms with Gasteiger partial charge in [0.15, 0.2) is 16.6 Å². The lowest BCUT2D eigenvalue weighted by Crippen LogP contribution is -2.42. The summed E-state index contributed by atoms with van der Waals surface area (Å²) in [7, 11) is -0.0632. The van der Waals surface area contributed by atoms with Crippen LogP contribution in [0.5, 0.6) is 5.75 Å². The lowest BCUT2D eigenvalue weighted by molar-refractivity contribution is 0.0797. The van der Waals surface area contributed by atoms with Crippen LogP contribution in [0.1, 0.15) is 22.3 Å². The summed E-state index contributed by atoms with van der Waals surface area (Å²) in [6.45, 7) is 12.5. The molecule has 6 nitrogen and oxygen atoms in total. The summed E-state index contributed by atoms with van der Waals surface area (Å²) in [4.78, 5) is 4.21. The van der Waals surface area contributed by atoms with Crippen LogP contribution in [0, 0.1) is 60.2 Å². The first-order chi connectivity index (χ1) is 25.6. The monoisotopic (exact) mass is 749 g/mol. The molecule has 4 rings (SSSR count). The van der Waals surface area contributed by atoms with Crippen molar-refractivity contribution in [2.45, 2.75) is 61.7 Å². The number of nitrogens with zero attached hydrogens (tertiary/aromatic N) is 1. The van der Waals surface area contributed by atoms with Crippen molar-refractivity contribution in [2.24, 2.45) is 0 Å². The highest BCUT2D eigenvalue weighted by Gasteiger charge is 2.40. The topological polar surface area (TPSA) is 59.0 Å². The smallest absolute Gasteiger partial charge is 0.216 e. The van der Waals surface area contributed by atoms with Crippen LogP contribution in [0.15, 0.2) is 109 Å². The molecular formula is C46H47NO5Si2. The van der Waals surface area contributed by atoms with E-state index >= 15 is 0 Å². The van der Waals surface area contributed by atoms with Gasteiger partial charge in [-0.25, -0.2) is 0 Å². The van der Waals surface area contributed by atoms with E-state index in [1.807, 2.05) is 84.9 Å². The van der Waals surface area contributed by atoms with E-state index in [1.54, 1.807) is 38.7 Å². The predicted molar refractivity (Wildman–Crippen MR) is 221 cm³/mol. The lowest BCUT2D eigenvalue weighted by Gasteiger charge is -2.34. The molecule has 0 spiro atoms. The molecule has 1 aromatic heterocycles. The average molecular weight is 750 g/mol. The highest BCUT2D eigenvalue weighted by Crippen LogP contribution is 2.35. The number of rotatable bonds is 11. The highest BCUT2D eigenvalue weighted by molar-refractivity contribution is 6.70. The van der Waals surface area contributed by atoms with Gasteiger partial charge >= 0.3 is 0 Å². The zero-order valence-electron chi connectivity index (χ0n) is 32.5. The Kier molecular flexibility index (Phi) is 13.2. The van der Waals surface area contributed by atoms with E-state index in [9.17, 15) is 0 Å². The number of terminal acetylenes is 2. The first kappa shape index (κ1) is 41.4. The van der Waals surface area contributed by atoms with Crippen LogP contribution in [-0.4, -0.2) is 42.9 Å². The van der Waals surface area contributed by atoms with E-state index in [4.69, 9.17) is 35.9 Å². The molecule has 0 N–H and O–H groups in total. The summed E-state index contributed by atoms with van der Waals surface area (Å²) in [6.07, 6.45) is 15.8. The van der Waals surface area contributed by atoms with E-state index in [-0.39, 0.29) is 0 Å². The van der Waals surface area contributed by atoms with Gasteiger partial charge in [-0.05, 0) is 99.1 Å². The van der Waals surface area contributed by atoms with Gasteiger partial charge in [-0.15, -0.1) is 12.8 Å². The Morgan fingerprint density at radius 2 is 0.833 bits per heavy atom. The van der Waals surface area contributed by atoms with Gasteiger partial charge in [-0.3, -0.25) is 4.98 Å². The van der Waals surface area contributed by atoms with E-state index < -0.39 is 39.0 Å². The van der Waals surface area contributed by atoms with Gasteiger partial charge in [0.1, 0.15) is 5.75 Å². The zero-order chi connectivity index (χ0) is 39.5. The molecule has 0 amide bonds. The lowest BCUT2D eigenvalue weighted by atomic mass is 9.87. The normalized spacial score (nSPS) is 15.5. The minimum absolute atomic E-state index is 0.641. The van der Waals surface area contributed by atoms with Crippen molar-refractivity contribution in [3.05, 3.63) is 132 Å². The van der Waals surface area contributed by atoms with E-state index in [2.05, 4.69) is 91.6 Å². The molecule has 0 saturated heterocycles. The molecule has 1 heterocycles. The molecule has 4 atom stereocenters. The summed E-state index contributed by atoms with van der Waals surface area (Å²) in [5.41, 5.74) is -3.19. The predicted octanol–water partition coefficient (Wildman–Crippen LogP) is 8.24. The van der Waals surface area contributed by atoms with Crippen molar-refractivity contribution < 1.29 is 23.1 Å². The molecule has 0 aliphatic carbocycles. The van der Waals surface area contributed by atoms with Crippen molar-refractivity contribution in [1.82, 2.24) is 4.98 Å². The molecule has 4 unspecified atom stereocenters. The minimum atomic E-state index is -2.44. The molecule has 0 fully saturated rings. The van der Waals surface area contributed by atoms with Crippen molar-refractivity contribution >= 4 is 16.6 Å². The fourth-order valence-electron chi connectivity index (χ4n) is 5.61. The number of aromatic nitrogens is 1. The van der Waals surface area contributed by atoms with Crippen molar-refractivity contribution in [1.29, 1.82) is 0 Å². The quantitative estimate of drug-likeness (QED) is 0.114. The van der Waals surface area contributed by atoms with Gasteiger partial charge in [-0.2, -0.15) is 0 Å². The second kappa shape index (κ2) is 17.2. The van der Waals surface area contributed by atoms with Crippen molar-refractivity contribution in [3.63, 3.8) is 0 Å². The van der Waals surface area contributed by atoms with Crippen LogP contribution in [-0.2, 0) is 40.7 Å². The summed E-state index contributed by atoms with van der Waals surface area (Å²) >= 11 is 0. The maximum atomic E-state index is 7.07. The largest absolute Gasteiger partial charge is 0.497 e. The number of ether oxygens (including phenoxy) is 3. The van der Waals surface area contributed by atoms with Crippen LogP contribution < -0.4 is 4.74 Å². The highest BCUT2D eigenvalue weighted by atomic mass is 28.4. The van der Waals surface area contributed by atoms with Crippen LogP contribution in [0.25, 0.3) is 0 Å². The molecule has 54 heavy (non-hydrogen) atoms. The molecule has 0 radical (unpaired) electrons. The number of hydrogen-bond donors (Lipinski definition) is 0. The summed E-state index contributed by atoms with van der Waals surface area (Å²) in [5, 5.41) is 0. The minimum Gasteiger partial charge on any atom is -0.497 e. The fraction of sp³-hybridized carbons (Fsp3) is 0.283. The van der Waals surface area contributed by atoms with Gasteiger partial charge < -0.3 is 23.1 Å². The van der Waals surface area contributed by atoms with Gasteiger partial charge in [-0.1, -0.05) is 84.6 Å². The van der Waals surface area contributed by atoms with Crippen molar-refractivity contribution in [3.8, 4) is 66.0 Å². The van der Waals surface area contributed by atoms with E-state index in [0.717, 1.165) is 0 Å². The SMILES string of the molecule is C#CC(C#CC(C#CC(C#CC(C#C)(O[Si](C)(C)C)c1ccncc1)(O[Si](C)(C)C)c1ccccc1)(OC)c1ccccc1)(OC)c1ccc(OC)cc1. The Labute approximate surface area is 324 Å². The van der Waals surface area contributed by atoms with E-state index in [1.165, 1.54) is 7.11 Å². The summed E-state index contributed by atoms with van der Waals surface area (Å²) in [6, 6.07) is 30.0. The molecule has 0 aliphatic rings. The van der Waals surface area contributed by atoms with Gasteiger partial charge in [0.05, 0.1) is 7.11 Å². The van der Waals surface area contributed by atoms with E-state index in [0.29, 0.717) is 28.0 Å². The molecular weight excluding hydrogens is 703 g/mol. The van der Waals surface area contributed by atoms with Crippen LogP contribution in [0.3, 0.4) is 0 Å². The van der Waals surface area contributed by atoms with Crippen LogP contribution in [0.4, 0.5) is 0 Å². The maximum Gasteiger partial charge on any atom is 0.216 e. The Hall–Kier alpha value is -5.32. The number of pyridine rings is 1. The summed E-state index contributed by atoms with van der Waals surface area (Å²) in [5.74, 6) is 26.5. The molecule has 3 aromatic carbocycles. The molecule has 0 saturated carbocycles. The molecule has 0 aliphatic heterocycles. The van der Waals surface area contributed by atoms with Gasteiger partial charge in [0, 0.05) is 48.9 Å². The maximum absolute atomic E-state index is 7.07. The number of benzene rings is 3. The number of methoxy groups -OCH3 is 3. The van der Waals surface area contributed by atoms with Gasteiger partial charge in [0.25, 0.3) is 0 Å². The molecule has 8 heteroatoms. The fourth-order valence-corrected chi connectivity index (χ4v) is 7.90.